The van der Waals surface area contributed by atoms with Crippen LogP contribution < -0.4 is 5.43 Å². The molecular weight excluding hydrogens is 212 g/mol. The molecular formula is C10H18N2S2. The summed E-state index contributed by atoms with van der Waals surface area (Å²) in [6.45, 7) is 4.25. The number of thioether (sulfide) groups is 1. The average Bonchev–Trinajstić information content (AvgIpc) is 2.69. The quantitative estimate of drug-likeness (QED) is 0.572. The van der Waals surface area contributed by atoms with Crippen LogP contribution in [-0.4, -0.2) is 30.9 Å². The van der Waals surface area contributed by atoms with Gasteiger partial charge in [0.25, 0.3) is 0 Å². The topological polar surface area (TPSA) is 15.3 Å². The fourth-order valence-corrected chi connectivity index (χ4v) is 2.68. The molecule has 0 radical (unpaired) electrons. The second-order valence-electron chi connectivity index (χ2n) is 3.05. The van der Waals surface area contributed by atoms with Crippen molar-refractivity contribution in [2.75, 3.05) is 25.9 Å². The Hall–Kier alpha value is -0.0300. The molecule has 0 amide bonds. The summed E-state index contributed by atoms with van der Waals surface area (Å²) in [5.74, 6) is 2.32. The second kappa shape index (κ2) is 7.29. The van der Waals surface area contributed by atoms with E-state index in [1.54, 1.807) is 0 Å². The lowest BCUT2D eigenvalue weighted by Gasteiger charge is -2.14. The van der Waals surface area contributed by atoms with E-state index in [2.05, 4.69) is 41.9 Å². The Morgan fingerprint density at radius 2 is 2.43 bits per heavy atom. The predicted octanol–water partition coefficient (Wildman–Crippen LogP) is 2.44. The normalized spacial score (nSPS) is 11.1. The molecule has 0 spiro atoms. The van der Waals surface area contributed by atoms with Crippen LogP contribution in [0.25, 0.3) is 0 Å². The van der Waals surface area contributed by atoms with Crippen molar-refractivity contribution in [3.8, 4) is 0 Å². The van der Waals surface area contributed by atoms with Crippen LogP contribution in [-0.2, 0) is 5.75 Å². The highest BCUT2D eigenvalue weighted by Crippen LogP contribution is 2.16. The van der Waals surface area contributed by atoms with Gasteiger partial charge in [-0.15, -0.1) is 11.3 Å². The standard InChI is InChI=1S/C10H18N2S2/c1-3-12(2)11-6-8-13-9-10-5-4-7-14-10/h4-5,7,11H,3,6,8-9H2,1-2H3. The SMILES string of the molecule is CCN(C)NCCSCc1cccs1. The van der Waals surface area contributed by atoms with E-state index in [1.807, 2.05) is 23.1 Å². The van der Waals surface area contributed by atoms with E-state index in [0.717, 1.165) is 18.8 Å². The predicted molar refractivity (Wildman–Crippen MR) is 66.8 cm³/mol. The number of thiophene rings is 1. The van der Waals surface area contributed by atoms with Crippen LogP contribution >= 0.6 is 23.1 Å². The number of hydrogen-bond acceptors (Lipinski definition) is 4. The summed E-state index contributed by atoms with van der Waals surface area (Å²) in [5, 5.41) is 4.25. The first-order valence-corrected chi connectivity index (χ1v) is 6.91. The highest BCUT2D eigenvalue weighted by atomic mass is 32.2. The van der Waals surface area contributed by atoms with Gasteiger partial charge in [0.05, 0.1) is 0 Å². The number of rotatable bonds is 7. The van der Waals surface area contributed by atoms with Gasteiger partial charge in [-0.2, -0.15) is 11.8 Å². The van der Waals surface area contributed by atoms with Gasteiger partial charge in [-0.1, -0.05) is 13.0 Å². The third-order valence-electron chi connectivity index (χ3n) is 1.93. The van der Waals surface area contributed by atoms with E-state index in [1.165, 1.54) is 10.6 Å². The Morgan fingerprint density at radius 3 is 3.07 bits per heavy atom. The molecule has 4 heteroatoms. The van der Waals surface area contributed by atoms with Gasteiger partial charge >= 0.3 is 0 Å². The van der Waals surface area contributed by atoms with Crippen LogP contribution in [0.15, 0.2) is 17.5 Å². The molecule has 0 bridgehead atoms. The van der Waals surface area contributed by atoms with E-state index in [4.69, 9.17) is 0 Å². The molecule has 0 aliphatic rings. The summed E-state index contributed by atoms with van der Waals surface area (Å²) < 4.78 is 0. The molecule has 0 atom stereocenters. The van der Waals surface area contributed by atoms with Crippen molar-refractivity contribution in [2.45, 2.75) is 12.7 Å². The molecule has 0 saturated heterocycles. The monoisotopic (exact) mass is 230 g/mol. The van der Waals surface area contributed by atoms with Crippen LogP contribution in [0.4, 0.5) is 0 Å². The second-order valence-corrected chi connectivity index (χ2v) is 5.19. The molecule has 0 saturated carbocycles. The molecule has 0 fully saturated rings. The molecule has 0 aromatic carbocycles. The number of nitrogens with one attached hydrogen (secondary N) is 1. The maximum Gasteiger partial charge on any atom is 0.0279 e. The van der Waals surface area contributed by atoms with Gasteiger partial charge in [0.2, 0.25) is 0 Å². The molecule has 2 nitrogen and oxygen atoms in total. The van der Waals surface area contributed by atoms with Gasteiger partial charge in [0.15, 0.2) is 0 Å². The Bertz CT molecular complexity index is 224. The van der Waals surface area contributed by atoms with Crippen molar-refractivity contribution in [3.63, 3.8) is 0 Å². The van der Waals surface area contributed by atoms with Gasteiger partial charge in [0.1, 0.15) is 0 Å². The number of hydrogen-bond donors (Lipinski definition) is 1. The summed E-state index contributed by atoms with van der Waals surface area (Å²) in [6.07, 6.45) is 0. The molecule has 0 aliphatic heterocycles. The van der Waals surface area contributed by atoms with Crippen molar-refractivity contribution in [3.05, 3.63) is 22.4 Å². The molecule has 0 unspecified atom stereocenters. The third kappa shape index (κ3) is 5.00. The summed E-state index contributed by atoms with van der Waals surface area (Å²) in [6, 6.07) is 4.31. The van der Waals surface area contributed by atoms with Crippen molar-refractivity contribution >= 4 is 23.1 Å². The van der Waals surface area contributed by atoms with Gasteiger partial charge in [0, 0.05) is 36.5 Å². The van der Waals surface area contributed by atoms with Crippen molar-refractivity contribution in [2.24, 2.45) is 0 Å². The van der Waals surface area contributed by atoms with E-state index in [9.17, 15) is 0 Å². The largest absolute Gasteiger partial charge is 0.255 e. The van der Waals surface area contributed by atoms with E-state index >= 15 is 0 Å². The fraction of sp³-hybridized carbons (Fsp3) is 0.600. The lowest BCUT2D eigenvalue weighted by Crippen LogP contribution is -2.35. The Kier molecular flexibility index (Phi) is 6.27. The lowest BCUT2D eigenvalue weighted by molar-refractivity contribution is 0.256. The average molecular weight is 230 g/mol. The minimum atomic E-state index is 1.05. The van der Waals surface area contributed by atoms with Crippen molar-refractivity contribution < 1.29 is 0 Å². The maximum atomic E-state index is 3.33. The zero-order valence-corrected chi connectivity index (χ0v) is 10.5. The van der Waals surface area contributed by atoms with E-state index < -0.39 is 0 Å². The molecule has 14 heavy (non-hydrogen) atoms. The fourth-order valence-electron chi connectivity index (χ4n) is 0.988. The zero-order chi connectivity index (χ0) is 10.2. The van der Waals surface area contributed by atoms with Crippen LogP contribution in [0.2, 0.25) is 0 Å². The first-order chi connectivity index (χ1) is 6.83. The summed E-state index contributed by atoms with van der Waals surface area (Å²) in [7, 11) is 2.07. The Balaban J connectivity index is 1.95. The van der Waals surface area contributed by atoms with Gasteiger partial charge < -0.3 is 0 Å². The lowest BCUT2D eigenvalue weighted by atomic mass is 10.5. The van der Waals surface area contributed by atoms with Crippen LogP contribution in [0.1, 0.15) is 11.8 Å². The third-order valence-corrected chi connectivity index (χ3v) is 3.99. The Morgan fingerprint density at radius 1 is 1.57 bits per heavy atom. The summed E-state index contributed by atoms with van der Waals surface area (Å²) in [5.41, 5.74) is 3.33. The van der Waals surface area contributed by atoms with Gasteiger partial charge in [-0.3, -0.25) is 5.43 Å². The van der Waals surface area contributed by atoms with E-state index in [0.29, 0.717) is 0 Å². The molecule has 1 rings (SSSR count). The molecule has 80 valence electrons. The minimum Gasteiger partial charge on any atom is -0.255 e. The summed E-state index contributed by atoms with van der Waals surface area (Å²) in [4.78, 5) is 1.47. The highest BCUT2D eigenvalue weighted by molar-refractivity contribution is 7.98. The van der Waals surface area contributed by atoms with Crippen LogP contribution in [0.3, 0.4) is 0 Å². The molecule has 1 aromatic rings. The maximum absolute atomic E-state index is 3.33. The number of hydrazine groups is 1. The van der Waals surface area contributed by atoms with Crippen LogP contribution in [0.5, 0.6) is 0 Å². The smallest absolute Gasteiger partial charge is 0.0279 e. The highest BCUT2D eigenvalue weighted by Gasteiger charge is 1.95. The molecule has 1 heterocycles. The Labute approximate surface area is 94.7 Å². The van der Waals surface area contributed by atoms with E-state index in [-0.39, 0.29) is 0 Å². The number of nitrogens with zero attached hydrogens (tertiary/aromatic N) is 1. The van der Waals surface area contributed by atoms with Gasteiger partial charge in [-0.25, -0.2) is 5.01 Å². The van der Waals surface area contributed by atoms with Crippen molar-refractivity contribution in [1.82, 2.24) is 10.4 Å². The van der Waals surface area contributed by atoms with Crippen LogP contribution in [0, 0.1) is 0 Å². The minimum absolute atomic E-state index is 1.05. The molecule has 1 N–H and O–H groups in total. The first-order valence-electron chi connectivity index (χ1n) is 4.87. The molecule has 0 aliphatic carbocycles. The first kappa shape index (κ1) is 12.0. The zero-order valence-electron chi connectivity index (χ0n) is 8.82. The van der Waals surface area contributed by atoms with Crippen molar-refractivity contribution in [1.29, 1.82) is 0 Å². The van der Waals surface area contributed by atoms with Gasteiger partial charge in [-0.05, 0) is 11.4 Å². The molecule has 1 aromatic heterocycles. The summed E-state index contributed by atoms with van der Waals surface area (Å²) >= 11 is 3.82.